The lowest BCUT2D eigenvalue weighted by molar-refractivity contribution is -0.142. The quantitative estimate of drug-likeness (QED) is 0.560. The molecule has 31 heavy (non-hydrogen) atoms. The number of nitrogens with zero attached hydrogens (tertiary/aromatic N) is 1. The van der Waals surface area contributed by atoms with Crippen LogP contribution in [0.3, 0.4) is 0 Å². The molecule has 0 fully saturated rings. The van der Waals surface area contributed by atoms with Gasteiger partial charge in [-0.15, -0.1) is 0 Å². The number of amides is 2. The Hall–Kier alpha value is -3.34. The third-order valence-electron chi connectivity index (χ3n) is 5.15. The molecule has 1 atom stereocenters. The van der Waals surface area contributed by atoms with E-state index in [0.29, 0.717) is 24.8 Å². The van der Waals surface area contributed by atoms with Gasteiger partial charge in [-0.05, 0) is 29.9 Å². The fourth-order valence-corrected chi connectivity index (χ4v) is 3.36. The molecule has 2 amide bonds. The van der Waals surface area contributed by atoms with E-state index in [4.69, 9.17) is 4.74 Å². The number of hydrogen-bond donors (Lipinski definition) is 1. The van der Waals surface area contributed by atoms with Gasteiger partial charge in [0.05, 0.1) is 0 Å². The summed E-state index contributed by atoms with van der Waals surface area (Å²) in [5.41, 5.74) is 0.963. The lowest BCUT2D eigenvalue weighted by Gasteiger charge is -2.29. The fourth-order valence-electron chi connectivity index (χ4n) is 3.36. The predicted molar refractivity (Wildman–Crippen MR) is 124 cm³/mol. The molecule has 162 valence electrons. The van der Waals surface area contributed by atoms with Gasteiger partial charge >= 0.3 is 0 Å². The zero-order chi connectivity index (χ0) is 22.2. The highest BCUT2D eigenvalue weighted by atomic mass is 16.5. The summed E-state index contributed by atoms with van der Waals surface area (Å²) in [5, 5.41) is 4.93. The highest BCUT2D eigenvalue weighted by Crippen LogP contribution is 2.25. The van der Waals surface area contributed by atoms with Crippen molar-refractivity contribution in [2.45, 2.75) is 33.4 Å². The lowest BCUT2D eigenvalue weighted by Crippen LogP contribution is -2.49. The Labute approximate surface area is 184 Å². The average molecular weight is 419 g/mol. The summed E-state index contributed by atoms with van der Waals surface area (Å²) in [6, 6.07) is 22.7. The van der Waals surface area contributed by atoms with Crippen LogP contribution in [0.4, 0.5) is 0 Å². The van der Waals surface area contributed by atoms with Crippen LogP contribution in [0.1, 0.15) is 26.3 Å². The van der Waals surface area contributed by atoms with Crippen LogP contribution >= 0.6 is 0 Å². The van der Waals surface area contributed by atoms with Gasteiger partial charge in [-0.3, -0.25) is 9.59 Å². The molecule has 0 heterocycles. The van der Waals surface area contributed by atoms with Crippen molar-refractivity contribution in [3.05, 3.63) is 78.4 Å². The second-order valence-corrected chi connectivity index (χ2v) is 8.09. The van der Waals surface area contributed by atoms with Gasteiger partial charge in [0.15, 0.2) is 6.61 Å². The van der Waals surface area contributed by atoms with Gasteiger partial charge in [0.25, 0.3) is 5.91 Å². The third kappa shape index (κ3) is 6.07. The van der Waals surface area contributed by atoms with Crippen molar-refractivity contribution < 1.29 is 14.3 Å². The van der Waals surface area contributed by atoms with Gasteiger partial charge in [-0.1, -0.05) is 80.6 Å². The number of hydrogen-bond acceptors (Lipinski definition) is 3. The molecule has 1 N–H and O–H groups in total. The predicted octanol–water partition coefficient (Wildman–Crippen LogP) is 4.41. The molecule has 0 radical (unpaired) electrons. The highest BCUT2D eigenvalue weighted by molar-refractivity contribution is 5.90. The Morgan fingerprint density at radius 3 is 2.32 bits per heavy atom. The van der Waals surface area contributed by atoms with E-state index in [0.717, 1.165) is 16.3 Å². The van der Waals surface area contributed by atoms with Crippen molar-refractivity contribution in [3.8, 4) is 5.75 Å². The number of rotatable bonds is 9. The summed E-state index contributed by atoms with van der Waals surface area (Å²) < 4.78 is 5.90. The summed E-state index contributed by atoms with van der Waals surface area (Å²) >= 11 is 0. The zero-order valence-corrected chi connectivity index (χ0v) is 18.4. The molecular weight excluding hydrogens is 388 g/mol. The fraction of sp³-hybridized carbons (Fsp3) is 0.308. The van der Waals surface area contributed by atoms with Crippen LogP contribution in [0.2, 0.25) is 0 Å². The first-order valence-corrected chi connectivity index (χ1v) is 10.7. The monoisotopic (exact) mass is 418 g/mol. The maximum absolute atomic E-state index is 13.2. The standard InChI is InChI=1S/C26H30N2O3/c1-19(2)16-27-26(30)20(3)28(17-21-10-5-4-6-11-21)25(29)18-31-24-15-9-13-22-12-7-8-14-23(22)24/h4-15,19-20H,16-18H2,1-3H3,(H,27,30)/t20-/m0/s1. The molecule has 0 aliphatic rings. The van der Waals surface area contributed by atoms with E-state index in [1.54, 1.807) is 11.8 Å². The first kappa shape index (κ1) is 22.3. The molecule has 0 unspecified atom stereocenters. The number of ether oxygens (including phenoxy) is 1. The number of benzene rings is 3. The Morgan fingerprint density at radius 2 is 1.58 bits per heavy atom. The minimum atomic E-state index is -0.609. The molecule has 3 rings (SSSR count). The number of carbonyl (C=O) groups excluding carboxylic acids is 2. The average Bonchev–Trinajstić information content (AvgIpc) is 2.79. The van der Waals surface area contributed by atoms with Crippen molar-refractivity contribution in [2.24, 2.45) is 5.92 Å². The van der Waals surface area contributed by atoms with Crippen LogP contribution in [0.5, 0.6) is 5.75 Å². The van der Waals surface area contributed by atoms with Crippen molar-refractivity contribution in [3.63, 3.8) is 0 Å². The maximum atomic E-state index is 13.2. The molecular formula is C26H30N2O3. The minimum absolute atomic E-state index is 0.136. The van der Waals surface area contributed by atoms with E-state index in [9.17, 15) is 9.59 Å². The molecule has 0 spiro atoms. The molecule has 3 aromatic carbocycles. The summed E-state index contributed by atoms with van der Waals surface area (Å²) in [6.45, 7) is 6.61. The molecule has 5 heteroatoms. The molecule has 0 aliphatic heterocycles. The largest absolute Gasteiger partial charge is 0.483 e. The van der Waals surface area contributed by atoms with Crippen LogP contribution in [-0.2, 0) is 16.1 Å². The van der Waals surface area contributed by atoms with Crippen molar-refractivity contribution >= 4 is 22.6 Å². The summed E-state index contributed by atoms with van der Waals surface area (Å²) in [6.07, 6.45) is 0. The van der Waals surface area contributed by atoms with Gasteiger partial charge in [-0.2, -0.15) is 0 Å². The zero-order valence-electron chi connectivity index (χ0n) is 18.4. The summed E-state index contributed by atoms with van der Waals surface area (Å²) in [5.74, 6) is 0.597. The van der Waals surface area contributed by atoms with E-state index in [2.05, 4.69) is 5.32 Å². The van der Waals surface area contributed by atoms with E-state index in [1.165, 1.54) is 0 Å². The third-order valence-corrected chi connectivity index (χ3v) is 5.15. The maximum Gasteiger partial charge on any atom is 0.261 e. The van der Waals surface area contributed by atoms with Gasteiger partial charge in [-0.25, -0.2) is 0 Å². The SMILES string of the molecule is CC(C)CNC(=O)[C@H](C)N(Cc1ccccc1)C(=O)COc1cccc2ccccc12. The summed E-state index contributed by atoms with van der Waals surface area (Å²) in [7, 11) is 0. The molecule has 5 nitrogen and oxygen atoms in total. The van der Waals surface area contributed by atoms with Gasteiger partial charge in [0, 0.05) is 18.5 Å². The van der Waals surface area contributed by atoms with E-state index in [1.807, 2.05) is 86.6 Å². The first-order chi connectivity index (χ1) is 15.0. The smallest absolute Gasteiger partial charge is 0.261 e. The van der Waals surface area contributed by atoms with E-state index < -0.39 is 6.04 Å². The summed E-state index contributed by atoms with van der Waals surface area (Å²) in [4.78, 5) is 27.4. The minimum Gasteiger partial charge on any atom is -0.483 e. The van der Waals surface area contributed by atoms with Crippen molar-refractivity contribution in [1.82, 2.24) is 10.2 Å². The Balaban J connectivity index is 1.75. The van der Waals surface area contributed by atoms with Crippen LogP contribution in [0.15, 0.2) is 72.8 Å². The van der Waals surface area contributed by atoms with Crippen LogP contribution in [0.25, 0.3) is 10.8 Å². The van der Waals surface area contributed by atoms with Crippen molar-refractivity contribution in [1.29, 1.82) is 0 Å². The number of carbonyl (C=O) groups is 2. The Bertz CT molecular complexity index is 1010. The number of nitrogens with one attached hydrogen (secondary N) is 1. The van der Waals surface area contributed by atoms with Gasteiger partial charge < -0.3 is 15.0 Å². The second kappa shape index (κ2) is 10.6. The second-order valence-electron chi connectivity index (χ2n) is 8.09. The van der Waals surface area contributed by atoms with E-state index in [-0.39, 0.29) is 18.4 Å². The van der Waals surface area contributed by atoms with Crippen LogP contribution in [-0.4, -0.2) is 35.9 Å². The molecule has 0 saturated carbocycles. The first-order valence-electron chi connectivity index (χ1n) is 10.7. The van der Waals surface area contributed by atoms with Crippen LogP contribution < -0.4 is 10.1 Å². The number of fused-ring (bicyclic) bond motifs is 1. The molecule has 0 aliphatic carbocycles. The van der Waals surface area contributed by atoms with Crippen LogP contribution in [0, 0.1) is 5.92 Å². The molecule has 3 aromatic rings. The molecule has 0 saturated heterocycles. The van der Waals surface area contributed by atoms with Gasteiger partial charge in [0.2, 0.25) is 5.91 Å². The normalized spacial score (nSPS) is 11.9. The van der Waals surface area contributed by atoms with Gasteiger partial charge in [0.1, 0.15) is 11.8 Å². The topological polar surface area (TPSA) is 58.6 Å². The Kier molecular flexibility index (Phi) is 7.65. The van der Waals surface area contributed by atoms with E-state index >= 15 is 0 Å². The highest BCUT2D eigenvalue weighted by Gasteiger charge is 2.26. The Morgan fingerprint density at radius 1 is 0.903 bits per heavy atom. The lowest BCUT2D eigenvalue weighted by atomic mass is 10.1. The molecule has 0 bridgehead atoms. The van der Waals surface area contributed by atoms with Crippen molar-refractivity contribution in [2.75, 3.05) is 13.2 Å². The molecule has 0 aromatic heterocycles.